The van der Waals surface area contributed by atoms with Crippen molar-refractivity contribution in [3.05, 3.63) is 0 Å². The van der Waals surface area contributed by atoms with Gasteiger partial charge < -0.3 is 33.8 Å². The zero-order valence-electron chi connectivity index (χ0n) is 62.5. The number of ether oxygens (including phenoxy) is 4. The van der Waals surface area contributed by atoms with Crippen LogP contribution in [0.2, 0.25) is 0 Å². The van der Waals surface area contributed by atoms with Gasteiger partial charge in [0, 0.05) is 25.7 Å². The number of hydrogen-bond acceptors (Lipinski definition) is 15. The highest BCUT2D eigenvalue weighted by molar-refractivity contribution is 7.47. The topological polar surface area (TPSA) is 237 Å². The summed E-state index contributed by atoms with van der Waals surface area (Å²) in [6, 6.07) is 0. The number of aliphatic hydroxyl groups excluding tert-OH is 1. The van der Waals surface area contributed by atoms with Crippen molar-refractivity contribution < 1.29 is 80.2 Å². The quantitative estimate of drug-likeness (QED) is 0.0222. The molecule has 0 rings (SSSR count). The predicted molar refractivity (Wildman–Crippen MR) is 391 cm³/mol. The van der Waals surface area contributed by atoms with Crippen molar-refractivity contribution in [1.82, 2.24) is 0 Å². The van der Waals surface area contributed by atoms with Crippen LogP contribution in [0.4, 0.5) is 0 Å². The fourth-order valence-electron chi connectivity index (χ4n) is 11.9. The Morgan fingerprint density at radius 1 is 0.281 bits per heavy atom. The third-order valence-electron chi connectivity index (χ3n) is 18.0. The molecule has 0 fully saturated rings. The molecule has 0 aliphatic carbocycles. The summed E-state index contributed by atoms with van der Waals surface area (Å²) in [5.41, 5.74) is 0. The smallest absolute Gasteiger partial charge is 0.462 e. The van der Waals surface area contributed by atoms with E-state index in [-0.39, 0.29) is 25.7 Å². The summed E-state index contributed by atoms with van der Waals surface area (Å²) >= 11 is 0. The number of rotatable bonds is 77. The molecule has 0 aromatic carbocycles. The zero-order chi connectivity index (χ0) is 70.5. The van der Waals surface area contributed by atoms with Gasteiger partial charge in [0.1, 0.15) is 19.3 Å². The fourth-order valence-corrected chi connectivity index (χ4v) is 13.5. The second-order valence-corrected chi connectivity index (χ2v) is 31.1. The van der Waals surface area contributed by atoms with E-state index >= 15 is 0 Å². The molecule has 0 bridgehead atoms. The molecule has 0 aliphatic heterocycles. The Morgan fingerprint density at radius 3 is 0.708 bits per heavy atom. The molecule has 0 amide bonds. The lowest BCUT2D eigenvalue weighted by Gasteiger charge is -2.21. The number of phosphoric acid groups is 2. The Kier molecular flexibility index (Phi) is 68.7. The number of phosphoric ester groups is 2. The summed E-state index contributed by atoms with van der Waals surface area (Å²) in [6.07, 6.45) is 59.7. The van der Waals surface area contributed by atoms with Gasteiger partial charge in [-0.3, -0.25) is 37.3 Å². The van der Waals surface area contributed by atoms with Crippen molar-refractivity contribution in [3.63, 3.8) is 0 Å². The lowest BCUT2D eigenvalue weighted by Crippen LogP contribution is -2.30. The van der Waals surface area contributed by atoms with E-state index in [9.17, 15) is 43.2 Å². The molecule has 0 aliphatic rings. The highest BCUT2D eigenvalue weighted by Crippen LogP contribution is 2.45. The molecule has 570 valence electrons. The molecule has 19 heteroatoms. The van der Waals surface area contributed by atoms with Gasteiger partial charge in [0.25, 0.3) is 0 Å². The Hall–Kier alpha value is -1.94. The average molecular weight is 1410 g/mol. The van der Waals surface area contributed by atoms with E-state index < -0.39 is 97.5 Å². The Morgan fingerprint density at radius 2 is 0.479 bits per heavy atom. The molecule has 0 spiro atoms. The summed E-state index contributed by atoms with van der Waals surface area (Å²) in [5.74, 6) is -1.30. The van der Waals surface area contributed by atoms with E-state index in [4.69, 9.17) is 37.0 Å². The summed E-state index contributed by atoms with van der Waals surface area (Å²) in [5, 5.41) is 10.6. The number of esters is 4. The molecule has 0 aromatic rings. The van der Waals surface area contributed by atoms with E-state index in [2.05, 4.69) is 34.6 Å². The van der Waals surface area contributed by atoms with Crippen LogP contribution in [0.5, 0.6) is 0 Å². The van der Waals surface area contributed by atoms with Crippen molar-refractivity contribution in [3.8, 4) is 0 Å². The summed E-state index contributed by atoms with van der Waals surface area (Å²) in [6.45, 7) is 7.31. The minimum Gasteiger partial charge on any atom is -0.462 e. The first kappa shape index (κ1) is 94.1. The Labute approximate surface area is 588 Å². The largest absolute Gasteiger partial charge is 0.472 e. The minimum absolute atomic E-state index is 0.108. The monoisotopic (exact) mass is 1410 g/mol. The first-order valence-corrected chi connectivity index (χ1v) is 43.1. The number of carbonyl (C=O) groups is 4. The minimum atomic E-state index is -4.96. The number of carbonyl (C=O) groups excluding carboxylic acids is 4. The fraction of sp³-hybridized carbons (Fsp3) is 0.948. The Balaban J connectivity index is 5.20. The number of aliphatic hydroxyl groups is 1. The van der Waals surface area contributed by atoms with Gasteiger partial charge in [0.05, 0.1) is 26.4 Å². The highest BCUT2D eigenvalue weighted by atomic mass is 31.2. The highest BCUT2D eigenvalue weighted by Gasteiger charge is 2.30. The van der Waals surface area contributed by atoms with Gasteiger partial charge in [-0.1, -0.05) is 356 Å². The normalized spacial score (nSPS) is 13.9. The lowest BCUT2D eigenvalue weighted by atomic mass is 10.0. The molecule has 3 N–H and O–H groups in total. The molecule has 2 unspecified atom stereocenters. The van der Waals surface area contributed by atoms with E-state index in [1.54, 1.807) is 0 Å². The van der Waals surface area contributed by atoms with Crippen LogP contribution in [0.25, 0.3) is 0 Å². The third-order valence-corrected chi connectivity index (χ3v) is 19.9. The lowest BCUT2D eigenvalue weighted by molar-refractivity contribution is -0.161. The predicted octanol–water partition coefficient (Wildman–Crippen LogP) is 22.9. The van der Waals surface area contributed by atoms with Crippen LogP contribution in [0.15, 0.2) is 0 Å². The SMILES string of the molecule is CCCCCCCCCCCCCCCCCCCC(=O)OC[C@H](COP(=O)(O)OC[C@@H](O)COP(=O)(O)OC[C@@H](COC(=O)CCCCCCCCCC)OC(=O)CCCCCCCCCCCCCC)OC(=O)CCCCCCCCCCCCCCCCCCC(C)C. The van der Waals surface area contributed by atoms with Crippen LogP contribution in [0, 0.1) is 5.92 Å². The molecule has 0 heterocycles. The van der Waals surface area contributed by atoms with Gasteiger partial charge in [0.15, 0.2) is 12.2 Å². The van der Waals surface area contributed by atoms with E-state index in [1.165, 1.54) is 225 Å². The van der Waals surface area contributed by atoms with Gasteiger partial charge >= 0.3 is 39.5 Å². The summed E-state index contributed by atoms with van der Waals surface area (Å²) < 4.78 is 68.5. The number of hydrogen-bond donors (Lipinski definition) is 3. The first-order chi connectivity index (χ1) is 46.5. The maximum Gasteiger partial charge on any atom is 0.472 e. The van der Waals surface area contributed by atoms with Gasteiger partial charge in [-0.25, -0.2) is 9.13 Å². The third kappa shape index (κ3) is 70.5. The molecule has 0 aromatic heterocycles. The van der Waals surface area contributed by atoms with E-state index in [0.717, 1.165) is 102 Å². The number of unbranched alkanes of at least 4 members (excludes halogenated alkanes) is 49. The van der Waals surface area contributed by atoms with E-state index in [1.807, 2.05) is 0 Å². The molecule has 0 saturated heterocycles. The molecule has 0 saturated carbocycles. The van der Waals surface area contributed by atoms with Gasteiger partial charge in [0.2, 0.25) is 0 Å². The second-order valence-electron chi connectivity index (χ2n) is 28.2. The zero-order valence-corrected chi connectivity index (χ0v) is 64.3. The van der Waals surface area contributed by atoms with Crippen LogP contribution in [0.3, 0.4) is 0 Å². The summed E-state index contributed by atoms with van der Waals surface area (Å²) in [7, 11) is -9.91. The van der Waals surface area contributed by atoms with Crippen molar-refractivity contribution >= 4 is 39.5 Å². The maximum absolute atomic E-state index is 13.1. The second kappa shape index (κ2) is 70.1. The van der Waals surface area contributed by atoms with Crippen LogP contribution in [-0.2, 0) is 65.4 Å². The molecule has 5 atom stereocenters. The van der Waals surface area contributed by atoms with Crippen LogP contribution < -0.4 is 0 Å². The van der Waals surface area contributed by atoms with Gasteiger partial charge in [-0.15, -0.1) is 0 Å². The van der Waals surface area contributed by atoms with Gasteiger partial charge in [-0.05, 0) is 31.6 Å². The summed E-state index contributed by atoms with van der Waals surface area (Å²) in [4.78, 5) is 72.7. The Bertz CT molecular complexity index is 1840. The van der Waals surface area contributed by atoms with Crippen molar-refractivity contribution in [2.45, 2.75) is 425 Å². The van der Waals surface area contributed by atoms with Crippen LogP contribution in [0.1, 0.15) is 407 Å². The van der Waals surface area contributed by atoms with Crippen molar-refractivity contribution in [2.75, 3.05) is 39.6 Å². The maximum atomic E-state index is 13.1. The first-order valence-electron chi connectivity index (χ1n) is 40.1. The average Bonchev–Trinajstić information content (AvgIpc) is 1.88. The van der Waals surface area contributed by atoms with Crippen LogP contribution >= 0.6 is 15.6 Å². The molecular formula is C77H150O17P2. The molecule has 17 nitrogen and oxygen atoms in total. The molecule has 96 heavy (non-hydrogen) atoms. The molecule has 0 radical (unpaired) electrons. The van der Waals surface area contributed by atoms with Crippen LogP contribution in [-0.4, -0.2) is 96.7 Å². The standard InChI is InChI=1S/C77H150O17P2/c1-6-9-12-15-18-21-23-25-26-27-31-34-38-41-46-51-56-61-75(80)88-67-73(94-77(82)63-58-53-48-43-39-35-32-29-28-30-33-36-40-44-49-54-59-70(4)5)69-92-96(85,86)90-65-71(78)64-89-95(83,84)91-68-72(66-87-74(79)60-55-50-45-20-17-14-11-8-3)93-76(81)62-57-52-47-42-37-24-22-19-16-13-10-7-2/h70-73,78H,6-69H2,1-5H3,(H,83,84)(H,85,86)/t71-,72+,73+/m0/s1. The van der Waals surface area contributed by atoms with E-state index in [0.29, 0.717) is 25.7 Å². The van der Waals surface area contributed by atoms with Crippen molar-refractivity contribution in [2.24, 2.45) is 5.92 Å². The van der Waals surface area contributed by atoms with Gasteiger partial charge in [-0.2, -0.15) is 0 Å². The molecular weight excluding hydrogens is 1260 g/mol. The van der Waals surface area contributed by atoms with Crippen molar-refractivity contribution in [1.29, 1.82) is 0 Å².